The maximum Gasteiger partial charge on any atom is 0.234 e. The highest BCUT2D eigenvalue weighted by molar-refractivity contribution is 7.92. The second-order valence-electron chi connectivity index (χ2n) is 7.90. The Kier molecular flexibility index (Phi) is 6.63. The van der Waals surface area contributed by atoms with Gasteiger partial charge in [0, 0.05) is 43.8 Å². The minimum atomic E-state index is -3.53. The zero-order chi connectivity index (χ0) is 22.7. The van der Waals surface area contributed by atoms with Gasteiger partial charge in [-0.1, -0.05) is 23.7 Å². The number of hydrogen-bond acceptors (Lipinski definition) is 8. The molecule has 1 aliphatic heterocycles. The number of fused-ring (bicyclic) bond motifs is 1. The number of halogens is 1. The summed E-state index contributed by atoms with van der Waals surface area (Å²) in [6.45, 7) is 5.57. The van der Waals surface area contributed by atoms with Crippen LogP contribution in [0.4, 0.5) is 17.5 Å². The number of likely N-dealkylation sites (N-methyl/N-ethyl adjacent to an activating group) is 1. The van der Waals surface area contributed by atoms with E-state index in [-0.39, 0.29) is 12.3 Å². The topological polar surface area (TPSA) is 103 Å². The van der Waals surface area contributed by atoms with Crippen LogP contribution in [-0.2, 0) is 10.0 Å². The van der Waals surface area contributed by atoms with Crippen molar-refractivity contribution in [2.75, 3.05) is 60.5 Å². The SMILES string of the molecule is Cc1cccc(NS(=O)(=O)CCNc2nc(N3CCN(C)CC3)nc3cnc(Cl)cc23)c1. The van der Waals surface area contributed by atoms with Crippen molar-refractivity contribution >= 4 is 50.0 Å². The second-order valence-corrected chi connectivity index (χ2v) is 10.1. The maximum atomic E-state index is 12.5. The molecular formula is C21H26ClN7O2S. The van der Waals surface area contributed by atoms with Crippen molar-refractivity contribution in [1.29, 1.82) is 0 Å². The molecule has 0 radical (unpaired) electrons. The summed E-state index contributed by atoms with van der Waals surface area (Å²) in [4.78, 5) is 17.8. The molecule has 0 bridgehead atoms. The highest BCUT2D eigenvalue weighted by Gasteiger charge is 2.19. The number of piperazine rings is 1. The Morgan fingerprint density at radius 1 is 1.12 bits per heavy atom. The smallest absolute Gasteiger partial charge is 0.234 e. The molecule has 0 unspecified atom stereocenters. The maximum absolute atomic E-state index is 12.5. The quantitative estimate of drug-likeness (QED) is 0.502. The summed E-state index contributed by atoms with van der Waals surface area (Å²) < 4.78 is 27.7. The summed E-state index contributed by atoms with van der Waals surface area (Å²) in [7, 11) is -1.44. The number of pyridine rings is 1. The van der Waals surface area contributed by atoms with Crippen LogP contribution in [0.2, 0.25) is 5.15 Å². The number of hydrogen-bond donors (Lipinski definition) is 2. The van der Waals surface area contributed by atoms with Crippen molar-refractivity contribution in [1.82, 2.24) is 19.9 Å². The third-order valence-electron chi connectivity index (χ3n) is 5.28. The predicted octanol–water partition coefficient (Wildman–Crippen LogP) is 2.59. The van der Waals surface area contributed by atoms with E-state index in [9.17, 15) is 8.42 Å². The molecule has 4 rings (SSSR count). The monoisotopic (exact) mass is 475 g/mol. The fraction of sp³-hybridized carbons (Fsp3) is 0.381. The molecule has 170 valence electrons. The predicted molar refractivity (Wildman–Crippen MR) is 129 cm³/mol. The number of aryl methyl sites for hydroxylation is 1. The van der Waals surface area contributed by atoms with E-state index >= 15 is 0 Å². The first-order chi connectivity index (χ1) is 15.3. The molecule has 0 saturated carbocycles. The highest BCUT2D eigenvalue weighted by atomic mass is 35.5. The standard InChI is InChI=1S/C21H26ClN7O2S/c1-15-4-3-5-16(12-15)27-32(30,31)11-6-23-20-17-13-19(22)24-14-18(17)25-21(26-20)29-9-7-28(2)8-10-29/h3-5,12-14,27H,6-11H2,1-2H3,(H,23,25,26). The van der Waals surface area contributed by atoms with Crippen molar-refractivity contribution in [3.63, 3.8) is 0 Å². The van der Waals surface area contributed by atoms with Crippen molar-refractivity contribution in [3.8, 4) is 0 Å². The normalized spacial score (nSPS) is 15.2. The van der Waals surface area contributed by atoms with Crippen LogP contribution in [-0.4, -0.2) is 73.8 Å². The van der Waals surface area contributed by atoms with Crippen LogP contribution in [0.5, 0.6) is 0 Å². The lowest BCUT2D eigenvalue weighted by atomic mass is 10.2. The molecule has 0 amide bonds. The summed E-state index contributed by atoms with van der Waals surface area (Å²) in [6.07, 6.45) is 1.61. The van der Waals surface area contributed by atoms with Crippen LogP contribution >= 0.6 is 11.6 Å². The van der Waals surface area contributed by atoms with Gasteiger partial charge in [0.2, 0.25) is 16.0 Å². The zero-order valence-electron chi connectivity index (χ0n) is 18.0. The van der Waals surface area contributed by atoms with Crippen LogP contribution in [0.15, 0.2) is 36.5 Å². The van der Waals surface area contributed by atoms with E-state index in [1.54, 1.807) is 24.4 Å². The third kappa shape index (κ3) is 5.56. The zero-order valence-corrected chi connectivity index (χ0v) is 19.6. The number of aromatic nitrogens is 3. The summed E-state index contributed by atoms with van der Waals surface area (Å²) >= 11 is 6.09. The van der Waals surface area contributed by atoms with Gasteiger partial charge in [-0.25, -0.2) is 18.4 Å². The van der Waals surface area contributed by atoms with E-state index in [1.165, 1.54) is 0 Å². The highest BCUT2D eigenvalue weighted by Crippen LogP contribution is 2.25. The lowest BCUT2D eigenvalue weighted by Crippen LogP contribution is -2.45. The molecule has 3 aromatic rings. The molecule has 2 N–H and O–H groups in total. The van der Waals surface area contributed by atoms with Gasteiger partial charge in [0.05, 0.1) is 17.5 Å². The molecule has 1 aliphatic rings. The minimum Gasteiger partial charge on any atom is -0.368 e. The average molecular weight is 476 g/mol. The van der Waals surface area contributed by atoms with E-state index in [0.29, 0.717) is 33.5 Å². The number of sulfonamides is 1. The van der Waals surface area contributed by atoms with Gasteiger partial charge in [-0.05, 0) is 37.7 Å². The molecule has 0 atom stereocenters. The molecule has 1 saturated heterocycles. The minimum absolute atomic E-state index is 0.116. The largest absolute Gasteiger partial charge is 0.368 e. The van der Waals surface area contributed by atoms with Gasteiger partial charge in [-0.2, -0.15) is 4.98 Å². The van der Waals surface area contributed by atoms with E-state index in [2.05, 4.69) is 41.8 Å². The fourth-order valence-electron chi connectivity index (χ4n) is 3.52. The van der Waals surface area contributed by atoms with Crippen molar-refractivity contribution in [2.45, 2.75) is 6.92 Å². The summed E-state index contributed by atoms with van der Waals surface area (Å²) in [6, 6.07) is 8.94. The van der Waals surface area contributed by atoms with Gasteiger partial charge in [0.1, 0.15) is 11.0 Å². The van der Waals surface area contributed by atoms with Gasteiger partial charge in [-0.3, -0.25) is 4.72 Å². The van der Waals surface area contributed by atoms with Crippen molar-refractivity contribution in [2.24, 2.45) is 0 Å². The molecule has 9 nitrogen and oxygen atoms in total. The first-order valence-corrected chi connectivity index (χ1v) is 12.4. The van der Waals surface area contributed by atoms with Gasteiger partial charge in [0.25, 0.3) is 0 Å². The molecule has 1 aromatic carbocycles. The summed E-state index contributed by atoms with van der Waals surface area (Å²) in [5, 5.41) is 4.19. The van der Waals surface area contributed by atoms with Gasteiger partial charge < -0.3 is 15.1 Å². The Labute approximate surface area is 192 Å². The Balaban J connectivity index is 1.51. The molecule has 32 heavy (non-hydrogen) atoms. The lowest BCUT2D eigenvalue weighted by Gasteiger charge is -2.32. The van der Waals surface area contributed by atoms with E-state index in [0.717, 1.165) is 31.7 Å². The van der Waals surface area contributed by atoms with Gasteiger partial charge in [0.15, 0.2) is 0 Å². The number of anilines is 3. The molecule has 0 aliphatic carbocycles. The number of rotatable bonds is 7. The van der Waals surface area contributed by atoms with E-state index < -0.39 is 10.0 Å². The van der Waals surface area contributed by atoms with Gasteiger partial charge >= 0.3 is 0 Å². The first-order valence-electron chi connectivity index (χ1n) is 10.4. The van der Waals surface area contributed by atoms with Crippen LogP contribution in [0, 0.1) is 6.92 Å². The first kappa shape index (κ1) is 22.5. The fourth-order valence-corrected chi connectivity index (χ4v) is 4.64. The third-order valence-corrected chi connectivity index (χ3v) is 6.77. The number of benzene rings is 1. The average Bonchev–Trinajstić information content (AvgIpc) is 2.74. The Morgan fingerprint density at radius 2 is 1.91 bits per heavy atom. The van der Waals surface area contributed by atoms with Crippen molar-refractivity contribution < 1.29 is 8.42 Å². The molecule has 3 heterocycles. The second kappa shape index (κ2) is 9.43. The molecule has 2 aromatic heterocycles. The number of nitrogens with zero attached hydrogens (tertiary/aromatic N) is 5. The lowest BCUT2D eigenvalue weighted by molar-refractivity contribution is 0.311. The Bertz CT molecular complexity index is 1210. The Hall–Kier alpha value is -2.69. The van der Waals surface area contributed by atoms with Crippen LogP contribution in [0.25, 0.3) is 10.9 Å². The van der Waals surface area contributed by atoms with Gasteiger partial charge in [-0.15, -0.1) is 0 Å². The van der Waals surface area contributed by atoms with Crippen molar-refractivity contribution in [3.05, 3.63) is 47.2 Å². The van der Waals surface area contributed by atoms with Crippen LogP contribution in [0.1, 0.15) is 5.56 Å². The summed E-state index contributed by atoms with van der Waals surface area (Å²) in [5.74, 6) is 1.02. The van der Waals surface area contributed by atoms with E-state index in [1.807, 2.05) is 19.1 Å². The number of nitrogens with one attached hydrogen (secondary N) is 2. The molecular weight excluding hydrogens is 450 g/mol. The van der Waals surface area contributed by atoms with E-state index in [4.69, 9.17) is 11.6 Å². The Morgan fingerprint density at radius 3 is 2.66 bits per heavy atom. The molecule has 0 spiro atoms. The molecule has 1 fully saturated rings. The van der Waals surface area contributed by atoms with Crippen LogP contribution < -0.4 is 14.9 Å². The summed E-state index contributed by atoms with van der Waals surface area (Å²) in [5.41, 5.74) is 2.19. The van der Waals surface area contributed by atoms with Crippen LogP contribution in [0.3, 0.4) is 0 Å². The molecule has 11 heteroatoms.